The van der Waals surface area contributed by atoms with E-state index in [-0.39, 0.29) is 36.3 Å². The zero-order valence-electron chi connectivity index (χ0n) is 15.0. The molecular weight excluding hydrogens is 398 g/mol. The predicted molar refractivity (Wildman–Crippen MR) is 107 cm³/mol. The maximum atomic E-state index is 12.7. The molecule has 2 rings (SSSR count). The van der Waals surface area contributed by atoms with Crippen LogP contribution in [0.5, 0.6) is 5.75 Å². The van der Waals surface area contributed by atoms with Gasteiger partial charge in [-0.05, 0) is 42.7 Å². The van der Waals surface area contributed by atoms with Crippen molar-refractivity contribution in [2.75, 3.05) is 45.3 Å². The molecule has 0 aliphatic carbocycles. The highest BCUT2D eigenvalue weighted by atomic mass is 35.5. The number of hydrogen-bond donors (Lipinski definition) is 1. The fraction of sp³-hybridized carbons (Fsp3) is 0.562. The quantitative estimate of drug-likeness (QED) is 0.704. The van der Waals surface area contributed by atoms with Crippen LogP contribution in [0.15, 0.2) is 29.2 Å². The third-order valence-electron chi connectivity index (χ3n) is 4.20. The number of nitrogens with zero attached hydrogens (tertiary/aromatic N) is 2. The number of sulfonamides is 1. The lowest BCUT2D eigenvalue weighted by Crippen LogP contribution is -2.54. The summed E-state index contributed by atoms with van der Waals surface area (Å²) >= 11 is 1.65. The van der Waals surface area contributed by atoms with E-state index in [1.54, 1.807) is 28.8 Å². The summed E-state index contributed by atoms with van der Waals surface area (Å²) in [5, 5.41) is 0. The van der Waals surface area contributed by atoms with Gasteiger partial charge in [-0.1, -0.05) is 0 Å². The van der Waals surface area contributed by atoms with E-state index in [0.717, 1.165) is 5.75 Å². The number of carbonyl (C=O) groups is 1. The molecule has 1 atom stereocenters. The Kier molecular flexibility index (Phi) is 9.18. The summed E-state index contributed by atoms with van der Waals surface area (Å²) in [4.78, 5) is 14.2. The zero-order valence-corrected chi connectivity index (χ0v) is 17.4. The number of thioether (sulfide) groups is 1. The molecule has 10 heteroatoms. The summed E-state index contributed by atoms with van der Waals surface area (Å²) in [6.07, 6.45) is 2.60. The lowest BCUT2D eigenvalue weighted by atomic mass is 10.2. The Hall–Kier alpha value is -1.00. The van der Waals surface area contributed by atoms with Crippen LogP contribution in [0.25, 0.3) is 0 Å². The number of hydrogen-bond acceptors (Lipinski definition) is 6. The minimum atomic E-state index is -3.57. The third-order valence-corrected chi connectivity index (χ3v) is 6.75. The summed E-state index contributed by atoms with van der Waals surface area (Å²) in [7, 11) is -2.03. The van der Waals surface area contributed by atoms with E-state index in [0.29, 0.717) is 25.3 Å². The van der Waals surface area contributed by atoms with Crippen LogP contribution < -0.4 is 10.5 Å². The fourth-order valence-corrected chi connectivity index (χ4v) is 4.56. The van der Waals surface area contributed by atoms with Crippen molar-refractivity contribution >= 4 is 40.1 Å². The van der Waals surface area contributed by atoms with Crippen molar-refractivity contribution in [2.24, 2.45) is 5.73 Å². The number of nitrogens with two attached hydrogens (primary N) is 1. The highest BCUT2D eigenvalue weighted by Gasteiger charge is 2.31. The van der Waals surface area contributed by atoms with Crippen LogP contribution in [0, 0.1) is 0 Å². The van der Waals surface area contributed by atoms with Gasteiger partial charge in [0.05, 0.1) is 18.0 Å². The van der Waals surface area contributed by atoms with Crippen LogP contribution in [0.4, 0.5) is 0 Å². The van der Waals surface area contributed by atoms with Gasteiger partial charge in [-0.2, -0.15) is 16.1 Å². The predicted octanol–water partition coefficient (Wildman–Crippen LogP) is 1.03. The second-order valence-corrected chi connectivity index (χ2v) is 8.72. The fourth-order valence-electron chi connectivity index (χ4n) is 2.65. The normalized spacial score (nSPS) is 16.7. The van der Waals surface area contributed by atoms with Gasteiger partial charge in [-0.3, -0.25) is 4.79 Å². The molecule has 0 radical (unpaired) electrons. The molecule has 26 heavy (non-hydrogen) atoms. The minimum Gasteiger partial charge on any atom is -0.497 e. The van der Waals surface area contributed by atoms with E-state index >= 15 is 0 Å². The Morgan fingerprint density at radius 3 is 2.31 bits per heavy atom. The number of piperazine rings is 1. The molecule has 1 aromatic rings. The summed E-state index contributed by atoms with van der Waals surface area (Å²) in [5.74, 6) is 1.34. The van der Waals surface area contributed by atoms with Crippen LogP contribution >= 0.6 is 24.2 Å². The van der Waals surface area contributed by atoms with Crippen molar-refractivity contribution in [3.63, 3.8) is 0 Å². The Morgan fingerprint density at radius 1 is 1.23 bits per heavy atom. The molecule has 1 amide bonds. The maximum Gasteiger partial charge on any atom is 0.243 e. The van der Waals surface area contributed by atoms with E-state index in [9.17, 15) is 13.2 Å². The number of carbonyl (C=O) groups excluding carboxylic acids is 1. The molecule has 1 aliphatic rings. The van der Waals surface area contributed by atoms with Gasteiger partial charge in [0.25, 0.3) is 0 Å². The Balaban J connectivity index is 0.00000338. The van der Waals surface area contributed by atoms with Gasteiger partial charge in [-0.15, -0.1) is 12.4 Å². The van der Waals surface area contributed by atoms with Gasteiger partial charge in [0.2, 0.25) is 15.9 Å². The van der Waals surface area contributed by atoms with Crippen molar-refractivity contribution in [1.29, 1.82) is 0 Å². The van der Waals surface area contributed by atoms with Crippen molar-refractivity contribution in [1.82, 2.24) is 9.21 Å². The number of rotatable bonds is 7. The molecular formula is C16H26ClN3O4S2. The monoisotopic (exact) mass is 423 g/mol. The first-order valence-electron chi connectivity index (χ1n) is 8.07. The van der Waals surface area contributed by atoms with Crippen molar-refractivity contribution in [3.05, 3.63) is 24.3 Å². The molecule has 1 unspecified atom stereocenters. The largest absolute Gasteiger partial charge is 0.497 e. The molecule has 1 aliphatic heterocycles. The van der Waals surface area contributed by atoms with E-state index < -0.39 is 16.1 Å². The van der Waals surface area contributed by atoms with Gasteiger partial charge in [0, 0.05) is 26.2 Å². The number of halogens is 1. The summed E-state index contributed by atoms with van der Waals surface area (Å²) in [5.41, 5.74) is 5.92. The van der Waals surface area contributed by atoms with Gasteiger partial charge < -0.3 is 15.4 Å². The second-order valence-electron chi connectivity index (χ2n) is 5.79. The number of methoxy groups -OCH3 is 1. The van der Waals surface area contributed by atoms with Crippen LogP contribution in [0.3, 0.4) is 0 Å². The third kappa shape index (κ3) is 5.50. The average molecular weight is 424 g/mol. The summed E-state index contributed by atoms with van der Waals surface area (Å²) in [6, 6.07) is 5.79. The summed E-state index contributed by atoms with van der Waals surface area (Å²) in [6.45, 7) is 1.27. The van der Waals surface area contributed by atoms with Gasteiger partial charge >= 0.3 is 0 Å². The Bertz CT molecular complexity index is 677. The highest BCUT2D eigenvalue weighted by Crippen LogP contribution is 2.21. The van der Waals surface area contributed by atoms with Crippen LogP contribution in [0.2, 0.25) is 0 Å². The molecule has 2 N–H and O–H groups in total. The van der Waals surface area contributed by atoms with E-state index in [2.05, 4.69) is 0 Å². The van der Waals surface area contributed by atoms with Crippen LogP contribution in [0.1, 0.15) is 6.42 Å². The average Bonchev–Trinajstić information content (AvgIpc) is 2.65. The molecule has 1 saturated heterocycles. The first kappa shape index (κ1) is 23.0. The first-order valence-corrected chi connectivity index (χ1v) is 10.9. The van der Waals surface area contributed by atoms with Crippen molar-refractivity contribution in [3.8, 4) is 5.75 Å². The molecule has 7 nitrogen and oxygen atoms in total. The SMILES string of the molecule is COc1ccc(S(=O)(=O)N2CCN(C(=O)C(N)CCSC)CC2)cc1.Cl. The lowest BCUT2D eigenvalue weighted by Gasteiger charge is -2.35. The Labute approximate surface area is 165 Å². The molecule has 0 spiro atoms. The topological polar surface area (TPSA) is 92.9 Å². The Morgan fingerprint density at radius 2 is 1.81 bits per heavy atom. The smallest absolute Gasteiger partial charge is 0.243 e. The van der Waals surface area contributed by atoms with Gasteiger partial charge in [0.15, 0.2) is 0 Å². The van der Waals surface area contributed by atoms with E-state index in [1.165, 1.54) is 23.5 Å². The molecule has 1 heterocycles. The number of ether oxygens (including phenoxy) is 1. The molecule has 0 bridgehead atoms. The van der Waals surface area contributed by atoms with E-state index in [1.807, 2.05) is 6.26 Å². The molecule has 0 saturated carbocycles. The first-order chi connectivity index (χ1) is 11.9. The van der Waals surface area contributed by atoms with Crippen LogP contribution in [-0.4, -0.2) is 74.9 Å². The zero-order chi connectivity index (χ0) is 18.4. The highest BCUT2D eigenvalue weighted by molar-refractivity contribution is 7.98. The number of amides is 1. The summed E-state index contributed by atoms with van der Waals surface area (Å²) < 4.78 is 31.8. The minimum absolute atomic E-state index is 0. The maximum absolute atomic E-state index is 12.7. The number of benzene rings is 1. The van der Waals surface area contributed by atoms with Gasteiger partial charge in [-0.25, -0.2) is 8.42 Å². The lowest BCUT2D eigenvalue weighted by molar-refractivity contribution is -0.133. The van der Waals surface area contributed by atoms with Crippen LogP contribution in [-0.2, 0) is 14.8 Å². The molecule has 1 fully saturated rings. The van der Waals surface area contributed by atoms with Crippen molar-refractivity contribution < 1.29 is 17.9 Å². The molecule has 148 valence electrons. The molecule has 1 aromatic carbocycles. The van der Waals surface area contributed by atoms with Crippen molar-refractivity contribution in [2.45, 2.75) is 17.4 Å². The van der Waals surface area contributed by atoms with Gasteiger partial charge in [0.1, 0.15) is 5.75 Å². The standard InChI is InChI=1S/C16H25N3O4S2.ClH/c1-23-13-3-5-14(6-4-13)25(21,22)19-10-8-18(9-11-19)16(20)15(17)7-12-24-2;/h3-6,15H,7-12,17H2,1-2H3;1H. The second kappa shape index (κ2) is 10.4. The molecule has 0 aromatic heterocycles. The van der Waals surface area contributed by atoms with E-state index in [4.69, 9.17) is 10.5 Å².